The lowest BCUT2D eigenvalue weighted by Gasteiger charge is -2.24. The molecule has 0 aliphatic rings. The van der Waals surface area contributed by atoms with E-state index in [1.807, 2.05) is 24.3 Å². The zero-order valence-corrected chi connectivity index (χ0v) is 13.2. The van der Waals surface area contributed by atoms with Gasteiger partial charge in [-0.1, -0.05) is 31.2 Å². The molecule has 0 spiro atoms. The molecule has 0 unspecified atom stereocenters. The molecule has 0 saturated carbocycles. The first-order valence-corrected chi connectivity index (χ1v) is 7.51. The van der Waals surface area contributed by atoms with Crippen LogP contribution in [0.4, 0.5) is 4.79 Å². The Bertz CT molecular complexity index is 435. The first-order chi connectivity index (χ1) is 10.1. The Morgan fingerprint density at radius 2 is 1.90 bits per heavy atom. The van der Waals surface area contributed by atoms with E-state index >= 15 is 0 Å². The van der Waals surface area contributed by atoms with Gasteiger partial charge in [-0.2, -0.15) is 0 Å². The van der Waals surface area contributed by atoms with Gasteiger partial charge in [-0.05, 0) is 31.5 Å². The van der Waals surface area contributed by atoms with Crippen LogP contribution in [-0.4, -0.2) is 41.7 Å². The smallest absolute Gasteiger partial charge is 0.315 e. The normalized spacial score (nSPS) is 11.0. The molecule has 0 fully saturated rings. The van der Waals surface area contributed by atoms with Crippen LogP contribution >= 0.6 is 0 Å². The van der Waals surface area contributed by atoms with E-state index in [4.69, 9.17) is 0 Å². The van der Waals surface area contributed by atoms with Crippen molar-refractivity contribution >= 4 is 6.03 Å². The molecule has 21 heavy (non-hydrogen) atoms. The first-order valence-electron chi connectivity index (χ1n) is 7.51. The molecule has 0 bridgehead atoms. The van der Waals surface area contributed by atoms with E-state index in [1.165, 1.54) is 0 Å². The molecule has 1 rings (SSSR count). The molecule has 0 saturated heterocycles. The summed E-state index contributed by atoms with van der Waals surface area (Å²) in [6, 6.07) is 7.84. The van der Waals surface area contributed by atoms with Crippen LogP contribution in [0.5, 0.6) is 0 Å². The topological polar surface area (TPSA) is 64.6 Å². The van der Waals surface area contributed by atoms with E-state index < -0.39 is 0 Å². The van der Waals surface area contributed by atoms with Crippen LogP contribution in [0.25, 0.3) is 0 Å². The van der Waals surface area contributed by atoms with Crippen LogP contribution in [0.1, 0.15) is 31.9 Å². The summed E-state index contributed by atoms with van der Waals surface area (Å²) in [6.07, 6.45) is 0. The molecule has 118 valence electrons. The minimum atomic E-state index is -0.178. The molecule has 1 aromatic rings. The fourth-order valence-electron chi connectivity index (χ4n) is 2.22. The van der Waals surface area contributed by atoms with Crippen LogP contribution in [0.15, 0.2) is 24.3 Å². The van der Waals surface area contributed by atoms with E-state index in [0.717, 1.165) is 24.2 Å². The minimum Gasteiger partial charge on any atom is -0.392 e. The molecule has 0 aromatic heterocycles. The summed E-state index contributed by atoms with van der Waals surface area (Å²) < 4.78 is 0. The summed E-state index contributed by atoms with van der Waals surface area (Å²) in [5, 5.41) is 14.9. The Labute approximate surface area is 127 Å². The van der Waals surface area contributed by atoms with Crippen LogP contribution in [0.3, 0.4) is 0 Å². The maximum atomic E-state index is 11.8. The molecule has 3 N–H and O–H groups in total. The van der Waals surface area contributed by atoms with Crippen molar-refractivity contribution in [1.82, 2.24) is 15.5 Å². The average Bonchev–Trinajstić information content (AvgIpc) is 2.49. The molecule has 5 nitrogen and oxygen atoms in total. The van der Waals surface area contributed by atoms with E-state index in [0.29, 0.717) is 19.1 Å². The number of aliphatic hydroxyl groups is 1. The van der Waals surface area contributed by atoms with Crippen molar-refractivity contribution in [1.29, 1.82) is 0 Å². The van der Waals surface area contributed by atoms with Crippen LogP contribution in [-0.2, 0) is 13.2 Å². The number of aliphatic hydroxyl groups excluding tert-OH is 1. The maximum absolute atomic E-state index is 11.8. The number of hydrogen-bond acceptors (Lipinski definition) is 3. The maximum Gasteiger partial charge on any atom is 0.315 e. The van der Waals surface area contributed by atoms with Crippen LogP contribution in [0.2, 0.25) is 0 Å². The SMILES string of the molecule is CCN(CCNC(=O)NCc1ccccc1CO)C(C)C. The quantitative estimate of drug-likeness (QED) is 0.683. The molecule has 0 heterocycles. The third kappa shape index (κ3) is 6.14. The predicted octanol–water partition coefficient (Wildman–Crippen LogP) is 1.71. The minimum absolute atomic E-state index is 0.0146. The van der Waals surface area contributed by atoms with Crippen molar-refractivity contribution < 1.29 is 9.90 Å². The van der Waals surface area contributed by atoms with Gasteiger partial charge in [0.2, 0.25) is 0 Å². The fraction of sp³-hybridized carbons (Fsp3) is 0.562. The molecule has 2 amide bonds. The van der Waals surface area contributed by atoms with E-state index in [1.54, 1.807) is 0 Å². The van der Waals surface area contributed by atoms with Gasteiger partial charge in [0, 0.05) is 25.7 Å². The van der Waals surface area contributed by atoms with Gasteiger partial charge in [-0.15, -0.1) is 0 Å². The molecule has 0 atom stereocenters. The second kappa shape index (κ2) is 9.37. The summed E-state index contributed by atoms with van der Waals surface area (Å²) >= 11 is 0. The van der Waals surface area contributed by atoms with E-state index in [-0.39, 0.29) is 12.6 Å². The third-order valence-corrected chi connectivity index (χ3v) is 3.55. The van der Waals surface area contributed by atoms with Gasteiger partial charge in [-0.25, -0.2) is 4.79 Å². The molecule has 5 heteroatoms. The number of carbonyl (C=O) groups is 1. The zero-order chi connectivity index (χ0) is 15.7. The lowest BCUT2D eigenvalue weighted by atomic mass is 10.1. The third-order valence-electron chi connectivity index (χ3n) is 3.55. The lowest BCUT2D eigenvalue weighted by molar-refractivity contribution is 0.222. The van der Waals surface area contributed by atoms with Crippen molar-refractivity contribution in [2.24, 2.45) is 0 Å². The Morgan fingerprint density at radius 3 is 2.48 bits per heavy atom. The van der Waals surface area contributed by atoms with Gasteiger partial charge in [-0.3, -0.25) is 4.90 Å². The number of likely N-dealkylation sites (N-methyl/N-ethyl adjacent to an activating group) is 1. The highest BCUT2D eigenvalue weighted by molar-refractivity contribution is 5.73. The number of rotatable bonds is 8. The standard InChI is InChI=1S/C16H27N3O2/c1-4-19(13(2)3)10-9-17-16(21)18-11-14-7-5-6-8-15(14)12-20/h5-8,13,20H,4,9-12H2,1-3H3,(H2,17,18,21). The summed E-state index contributed by atoms with van der Waals surface area (Å²) in [4.78, 5) is 14.0. The van der Waals surface area contributed by atoms with Crippen LogP contribution in [0, 0.1) is 0 Å². The Morgan fingerprint density at radius 1 is 1.24 bits per heavy atom. The van der Waals surface area contributed by atoms with Gasteiger partial charge in [0.1, 0.15) is 0 Å². The molecular weight excluding hydrogens is 266 g/mol. The first kappa shape index (κ1) is 17.5. The van der Waals surface area contributed by atoms with Gasteiger partial charge in [0.25, 0.3) is 0 Å². The van der Waals surface area contributed by atoms with Gasteiger partial charge in [0.05, 0.1) is 6.61 Å². The Hall–Kier alpha value is -1.59. The molecule has 1 aromatic carbocycles. The predicted molar refractivity (Wildman–Crippen MR) is 85.0 cm³/mol. The fourth-order valence-corrected chi connectivity index (χ4v) is 2.22. The molecule has 0 radical (unpaired) electrons. The number of amides is 2. The van der Waals surface area contributed by atoms with Crippen molar-refractivity contribution in [3.8, 4) is 0 Å². The van der Waals surface area contributed by atoms with Crippen molar-refractivity contribution in [2.45, 2.75) is 40.0 Å². The van der Waals surface area contributed by atoms with Gasteiger partial charge in [0.15, 0.2) is 0 Å². The summed E-state index contributed by atoms with van der Waals surface area (Å²) in [6.45, 7) is 9.26. The molecule has 0 aliphatic heterocycles. The summed E-state index contributed by atoms with van der Waals surface area (Å²) in [5.41, 5.74) is 1.78. The second-order valence-corrected chi connectivity index (χ2v) is 5.26. The number of carbonyl (C=O) groups excluding carboxylic acids is 1. The second-order valence-electron chi connectivity index (χ2n) is 5.26. The van der Waals surface area contributed by atoms with Gasteiger partial charge < -0.3 is 15.7 Å². The Kier molecular flexibility index (Phi) is 7.79. The lowest BCUT2D eigenvalue weighted by Crippen LogP contribution is -2.42. The number of nitrogens with one attached hydrogen (secondary N) is 2. The van der Waals surface area contributed by atoms with E-state index in [2.05, 4.69) is 36.3 Å². The summed E-state index contributed by atoms with van der Waals surface area (Å²) in [5.74, 6) is 0. The number of benzene rings is 1. The van der Waals surface area contributed by atoms with Crippen molar-refractivity contribution in [3.63, 3.8) is 0 Å². The van der Waals surface area contributed by atoms with Gasteiger partial charge >= 0.3 is 6.03 Å². The zero-order valence-electron chi connectivity index (χ0n) is 13.2. The molecule has 0 aliphatic carbocycles. The van der Waals surface area contributed by atoms with Crippen LogP contribution < -0.4 is 10.6 Å². The largest absolute Gasteiger partial charge is 0.392 e. The Balaban J connectivity index is 2.31. The van der Waals surface area contributed by atoms with E-state index in [9.17, 15) is 9.90 Å². The monoisotopic (exact) mass is 293 g/mol. The van der Waals surface area contributed by atoms with Crippen molar-refractivity contribution in [3.05, 3.63) is 35.4 Å². The molecular formula is C16H27N3O2. The highest BCUT2D eigenvalue weighted by atomic mass is 16.3. The summed E-state index contributed by atoms with van der Waals surface area (Å²) in [7, 11) is 0. The number of nitrogens with zero attached hydrogens (tertiary/aromatic N) is 1. The highest BCUT2D eigenvalue weighted by Gasteiger charge is 2.07. The van der Waals surface area contributed by atoms with Crippen molar-refractivity contribution in [2.75, 3.05) is 19.6 Å². The number of hydrogen-bond donors (Lipinski definition) is 3. The number of urea groups is 1. The highest BCUT2D eigenvalue weighted by Crippen LogP contribution is 2.07. The average molecular weight is 293 g/mol.